The first-order valence-electron chi connectivity index (χ1n) is 5.52. The summed E-state index contributed by atoms with van der Waals surface area (Å²) in [6, 6.07) is 2.75. The summed E-state index contributed by atoms with van der Waals surface area (Å²) in [6.45, 7) is 1.87. The molecule has 1 aliphatic carbocycles. The number of hydrogen-bond donors (Lipinski definition) is 2. The van der Waals surface area contributed by atoms with Crippen LogP contribution < -0.4 is 10.5 Å². The van der Waals surface area contributed by atoms with Crippen molar-refractivity contribution in [3.05, 3.63) is 22.2 Å². The number of benzene rings is 1. The maximum atomic E-state index is 12.3. The molecule has 0 amide bonds. The van der Waals surface area contributed by atoms with Crippen molar-refractivity contribution in [1.29, 1.82) is 0 Å². The van der Waals surface area contributed by atoms with Gasteiger partial charge in [-0.25, -0.2) is 13.1 Å². The van der Waals surface area contributed by atoms with Crippen LogP contribution in [0.5, 0.6) is 0 Å². The number of nitrogens with one attached hydrogen (secondary N) is 1. The summed E-state index contributed by atoms with van der Waals surface area (Å²) >= 11 is 11.7. The summed E-state index contributed by atoms with van der Waals surface area (Å²) in [5, 5.41) is 0.349. The normalized spacial score (nSPS) is 18.4. The van der Waals surface area contributed by atoms with E-state index in [1.165, 1.54) is 12.1 Å². The molecule has 1 aliphatic rings. The lowest BCUT2D eigenvalue weighted by atomic mass is 9.80. The van der Waals surface area contributed by atoms with Crippen LogP contribution in [-0.2, 0) is 10.0 Å². The average Bonchev–Trinajstić information content (AvgIpc) is 2.11. The summed E-state index contributed by atoms with van der Waals surface area (Å²) in [6.07, 6.45) is 2.65. The van der Waals surface area contributed by atoms with Gasteiger partial charge >= 0.3 is 0 Å². The quantitative estimate of drug-likeness (QED) is 0.843. The van der Waals surface area contributed by atoms with Crippen LogP contribution in [0, 0.1) is 0 Å². The Balaban J connectivity index is 2.41. The highest BCUT2D eigenvalue weighted by atomic mass is 35.5. The summed E-state index contributed by atoms with van der Waals surface area (Å²) in [4.78, 5) is -0.0957. The largest absolute Gasteiger partial charge is 0.398 e. The van der Waals surface area contributed by atoms with Crippen LogP contribution in [0.3, 0.4) is 0 Å². The van der Waals surface area contributed by atoms with Crippen molar-refractivity contribution >= 4 is 38.9 Å². The number of anilines is 1. The zero-order valence-corrected chi connectivity index (χ0v) is 12.2. The predicted molar refractivity (Wildman–Crippen MR) is 73.5 cm³/mol. The molecule has 0 aromatic heterocycles. The lowest BCUT2D eigenvalue weighted by Gasteiger charge is -2.38. The molecule has 0 atom stereocenters. The van der Waals surface area contributed by atoms with E-state index in [2.05, 4.69) is 4.72 Å². The van der Waals surface area contributed by atoms with E-state index >= 15 is 0 Å². The van der Waals surface area contributed by atoms with Crippen LogP contribution in [0.4, 0.5) is 5.69 Å². The Bertz CT molecular complexity index is 560. The van der Waals surface area contributed by atoms with Gasteiger partial charge in [-0.15, -0.1) is 0 Å². The Morgan fingerprint density at radius 1 is 1.33 bits per heavy atom. The van der Waals surface area contributed by atoms with E-state index in [0.29, 0.717) is 5.02 Å². The van der Waals surface area contributed by atoms with E-state index in [-0.39, 0.29) is 15.6 Å². The molecule has 1 aromatic rings. The van der Waals surface area contributed by atoms with Gasteiger partial charge in [0, 0.05) is 10.6 Å². The highest BCUT2D eigenvalue weighted by Gasteiger charge is 2.37. The van der Waals surface area contributed by atoms with E-state index in [4.69, 9.17) is 28.9 Å². The van der Waals surface area contributed by atoms with Crippen LogP contribution in [0.15, 0.2) is 17.0 Å². The molecular formula is C11H14Cl2N2O2S. The Hall–Kier alpha value is -0.490. The fourth-order valence-corrected chi connectivity index (χ4v) is 4.50. The predicted octanol–water partition coefficient (Wildman–Crippen LogP) is 2.80. The molecule has 0 spiro atoms. The molecule has 18 heavy (non-hydrogen) atoms. The number of sulfonamides is 1. The van der Waals surface area contributed by atoms with Crippen LogP contribution in [0.25, 0.3) is 0 Å². The maximum absolute atomic E-state index is 12.3. The van der Waals surface area contributed by atoms with E-state index in [0.717, 1.165) is 19.3 Å². The fraction of sp³-hybridized carbons (Fsp3) is 0.455. The second-order valence-corrected chi connectivity index (χ2v) is 7.29. The van der Waals surface area contributed by atoms with E-state index in [9.17, 15) is 8.42 Å². The highest BCUT2D eigenvalue weighted by Crippen LogP contribution is 2.36. The molecule has 1 saturated carbocycles. The molecule has 0 radical (unpaired) electrons. The van der Waals surface area contributed by atoms with Gasteiger partial charge in [0.1, 0.15) is 4.90 Å². The smallest absolute Gasteiger partial charge is 0.244 e. The minimum atomic E-state index is -3.72. The lowest BCUT2D eigenvalue weighted by Crippen LogP contribution is -2.50. The van der Waals surface area contributed by atoms with Gasteiger partial charge in [0.2, 0.25) is 10.0 Å². The van der Waals surface area contributed by atoms with Crippen molar-refractivity contribution in [3.8, 4) is 0 Å². The molecule has 0 unspecified atom stereocenters. The second-order valence-electron chi connectivity index (χ2n) is 4.83. The van der Waals surface area contributed by atoms with Crippen molar-refractivity contribution in [1.82, 2.24) is 4.72 Å². The molecule has 1 fully saturated rings. The molecular weight excluding hydrogens is 295 g/mol. The van der Waals surface area contributed by atoms with E-state index in [1.807, 2.05) is 6.92 Å². The summed E-state index contributed by atoms with van der Waals surface area (Å²) in [5.74, 6) is 0. The average molecular weight is 309 g/mol. The van der Waals surface area contributed by atoms with Gasteiger partial charge in [0.05, 0.1) is 10.7 Å². The van der Waals surface area contributed by atoms with Crippen LogP contribution in [0.2, 0.25) is 10.0 Å². The number of rotatable bonds is 3. The maximum Gasteiger partial charge on any atom is 0.244 e. The minimum absolute atomic E-state index is 0.0374. The van der Waals surface area contributed by atoms with Crippen LogP contribution >= 0.6 is 23.2 Å². The standard InChI is InChI=1S/C11H14Cl2N2O2S/c1-11(3-2-4-11)15-18(16,17)10-8(13)5-7(12)6-9(10)14/h5-6,15H,2-4,14H2,1H3. The first-order chi connectivity index (χ1) is 8.23. The molecule has 100 valence electrons. The Labute approximate surface area is 117 Å². The van der Waals surface area contributed by atoms with Crippen molar-refractivity contribution in [2.45, 2.75) is 36.6 Å². The molecule has 0 heterocycles. The first kappa shape index (κ1) is 13.9. The molecule has 7 heteroatoms. The van der Waals surface area contributed by atoms with Crippen LogP contribution in [-0.4, -0.2) is 14.0 Å². The lowest BCUT2D eigenvalue weighted by molar-refractivity contribution is 0.248. The number of halogens is 2. The fourth-order valence-electron chi connectivity index (χ4n) is 2.05. The van der Waals surface area contributed by atoms with E-state index < -0.39 is 15.6 Å². The third-order valence-electron chi connectivity index (χ3n) is 3.14. The zero-order chi connectivity index (χ0) is 13.6. The Morgan fingerprint density at radius 3 is 2.39 bits per heavy atom. The van der Waals surface area contributed by atoms with Crippen molar-refractivity contribution in [2.24, 2.45) is 0 Å². The zero-order valence-electron chi connectivity index (χ0n) is 9.83. The molecule has 0 saturated heterocycles. The van der Waals surface area contributed by atoms with E-state index in [1.54, 1.807) is 0 Å². The van der Waals surface area contributed by atoms with Crippen molar-refractivity contribution in [3.63, 3.8) is 0 Å². The minimum Gasteiger partial charge on any atom is -0.398 e. The van der Waals surface area contributed by atoms with Gasteiger partial charge < -0.3 is 5.73 Å². The first-order valence-corrected chi connectivity index (χ1v) is 7.76. The SMILES string of the molecule is CC1(NS(=O)(=O)c2c(N)cc(Cl)cc2Cl)CCC1. The third-order valence-corrected chi connectivity index (χ3v) is 5.53. The molecule has 0 bridgehead atoms. The van der Waals surface area contributed by atoms with Gasteiger partial charge in [-0.05, 0) is 38.3 Å². The number of nitrogen functional groups attached to an aromatic ring is 1. The van der Waals surface area contributed by atoms with Gasteiger partial charge in [0.15, 0.2) is 0 Å². The Morgan fingerprint density at radius 2 is 1.94 bits per heavy atom. The van der Waals surface area contributed by atoms with Gasteiger partial charge in [-0.3, -0.25) is 0 Å². The summed E-state index contributed by atoms with van der Waals surface area (Å²) in [5.41, 5.74) is 5.36. The molecule has 0 aliphatic heterocycles. The second kappa shape index (κ2) is 4.56. The van der Waals surface area contributed by atoms with Crippen molar-refractivity contribution in [2.75, 3.05) is 5.73 Å². The Kier molecular flexibility index (Phi) is 3.53. The van der Waals surface area contributed by atoms with Gasteiger partial charge in [-0.1, -0.05) is 23.2 Å². The molecule has 1 aromatic carbocycles. The summed E-state index contributed by atoms with van der Waals surface area (Å²) in [7, 11) is -3.72. The highest BCUT2D eigenvalue weighted by molar-refractivity contribution is 7.89. The monoisotopic (exact) mass is 308 g/mol. The molecule has 4 nitrogen and oxygen atoms in total. The molecule has 2 rings (SSSR count). The van der Waals surface area contributed by atoms with Crippen molar-refractivity contribution < 1.29 is 8.42 Å². The number of hydrogen-bond acceptors (Lipinski definition) is 3. The molecule has 3 N–H and O–H groups in total. The topological polar surface area (TPSA) is 72.2 Å². The van der Waals surface area contributed by atoms with Crippen LogP contribution in [0.1, 0.15) is 26.2 Å². The summed E-state index contributed by atoms with van der Waals surface area (Å²) < 4.78 is 27.2. The van der Waals surface area contributed by atoms with Gasteiger partial charge in [-0.2, -0.15) is 0 Å². The van der Waals surface area contributed by atoms with Gasteiger partial charge in [0.25, 0.3) is 0 Å². The number of nitrogens with two attached hydrogens (primary N) is 1. The third kappa shape index (κ3) is 2.59.